The third-order valence-electron chi connectivity index (χ3n) is 15.7. The summed E-state index contributed by atoms with van der Waals surface area (Å²) in [5, 5.41) is 167. The SMILES string of the molecule is CC(=O)NC1C(OC2C(O)C(CO)OC(OC3C(CO)OC(OC4C(CO)OC(OCCCCCNC(=O)C5CCC(CN6C(=O)C=CC6=O)CC5)C(O)C4O)C(O)C3O)C2O)OC(CO)C(O)C1OC1OC(CO)C(O)C(O)C1O. The first-order valence-electron chi connectivity index (χ1n) is 27.1. The van der Waals surface area contributed by atoms with Crippen molar-refractivity contribution in [3.05, 3.63) is 12.2 Å². The summed E-state index contributed by atoms with van der Waals surface area (Å²) < 4.78 is 57.4. The Bertz CT molecular complexity index is 2040. The first kappa shape index (κ1) is 65.4. The van der Waals surface area contributed by atoms with Crippen LogP contribution in [-0.2, 0) is 66.5 Å². The highest BCUT2D eigenvalue weighted by molar-refractivity contribution is 6.12. The minimum absolute atomic E-state index is 0.0261. The molecule has 7 aliphatic rings. The number of carbonyl (C=O) groups is 4. The Morgan fingerprint density at radius 3 is 1.49 bits per heavy atom. The number of aliphatic hydroxyl groups is 15. The monoisotopic (exact) mass is 1170 g/mol. The molecule has 0 bridgehead atoms. The molecule has 0 aromatic rings. The van der Waals surface area contributed by atoms with Gasteiger partial charge in [0.2, 0.25) is 11.8 Å². The summed E-state index contributed by atoms with van der Waals surface area (Å²) in [7, 11) is 0. The Kier molecular flexibility index (Phi) is 24.0. The molecule has 0 spiro atoms. The summed E-state index contributed by atoms with van der Waals surface area (Å²) in [4.78, 5) is 50.4. The van der Waals surface area contributed by atoms with Gasteiger partial charge in [0.25, 0.3) is 11.8 Å². The van der Waals surface area contributed by atoms with Gasteiger partial charge in [0, 0.05) is 44.7 Å². The largest absolute Gasteiger partial charge is 0.394 e. The number of hydrogen-bond acceptors (Lipinski definition) is 29. The van der Waals surface area contributed by atoms with Crippen molar-refractivity contribution in [2.75, 3.05) is 52.7 Å². The second kappa shape index (κ2) is 29.8. The van der Waals surface area contributed by atoms with Crippen LogP contribution in [0.5, 0.6) is 0 Å². The molecule has 0 aromatic carbocycles. The van der Waals surface area contributed by atoms with Gasteiger partial charge in [-0.2, -0.15) is 0 Å². The minimum atomic E-state index is -2.17. The molecule has 17 N–H and O–H groups in total. The maximum absolute atomic E-state index is 12.8. The van der Waals surface area contributed by atoms with Crippen molar-refractivity contribution in [2.24, 2.45) is 11.8 Å². The number of carbonyl (C=O) groups excluding carboxylic acids is 4. The van der Waals surface area contributed by atoms with Gasteiger partial charge in [-0.05, 0) is 50.9 Å². The van der Waals surface area contributed by atoms with Crippen molar-refractivity contribution < 1.29 is 143 Å². The molecular formula is C49H79N3O29. The number of rotatable bonds is 24. The van der Waals surface area contributed by atoms with Crippen LogP contribution in [0, 0.1) is 11.8 Å². The normalized spacial score (nSPS) is 44.1. The molecule has 464 valence electrons. The van der Waals surface area contributed by atoms with E-state index >= 15 is 0 Å². The van der Waals surface area contributed by atoms with Crippen LogP contribution in [0.15, 0.2) is 12.2 Å². The average molecular weight is 1170 g/mol. The standard InChI is InChI=1S/C49H79N3O29/c1-19(58)51-29-42(80-47-36(67)33(64)30(61)22(14-53)74-47)31(62)23(15-54)73-45(29)81-43-32(63)24(16-55)75-49(39(43)70)79-41-26(18-57)77-48(38(69)35(41)66)78-40-25(17-56)76-46(37(68)34(40)65)72-12-4-2-3-11-50-44(71)21-7-5-20(6-8-21)13-52-27(59)9-10-28(52)60/h9-10,20-26,29-43,45-49,53-57,61-70H,2-8,11-18H2,1H3,(H,50,71)(H,51,58). The average Bonchev–Trinajstić information content (AvgIpc) is 3.80. The quantitative estimate of drug-likeness (QED) is 0.0315. The Labute approximate surface area is 463 Å². The predicted molar refractivity (Wildman–Crippen MR) is 260 cm³/mol. The molecule has 0 radical (unpaired) electrons. The van der Waals surface area contributed by atoms with E-state index in [4.69, 9.17) is 47.4 Å². The minimum Gasteiger partial charge on any atom is -0.394 e. The van der Waals surface area contributed by atoms with Gasteiger partial charge in [0.1, 0.15) is 122 Å². The lowest BCUT2D eigenvalue weighted by Crippen LogP contribution is -2.70. The second-order valence-electron chi connectivity index (χ2n) is 21.2. The van der Waals surface area contributed by atoms with E-state index in [1.807, 2.05) is 0 Å². The van der Waals surface area contributed by atoms with Gasteiger partial charge in [-0.3, -0.25) is 24.1 Å². The van der Waals surface area contributed by atoms with E-state index in [1.165, 1.54) is 17.1 Å². The van der Waals surface area contributed by atoms with Gasteiger partial charge in [0.05, 0.1) is 33.0 Å². The van der Waals surface area contributed by atoms with Crippen molar-refractivity contribution in [3.8, 4) is 0 Å². The molecule has 81 heavy (non-hydrogen) atoms. The van der Waals surface area contributed by atoms with Gasteiger partial charge < -0.3 is 135 Å². The Morgan fingerprint density at radius 1 is 0.506 bits per heavy atom. The van der Waals surface area contributed by atoms with Crippen molar-refractivity contribution >= 4 is 23.6 Å². The molecule has 25 unspecified atom stereocenters. The first-order chi connectivity index (χ1) is 38.7. The van der Waals surface area contributed by atoms with Crippen molar-refractivity contribution in [3.63, 3.8) is 0 Å². The van der Waals surface area contributed by atoms with Crippen LogP contribution in [0.1, 0.15) is 51.9 Å². The summed E-state index contributed by atoms with van der Waals surface area (Å²) in [6.07, 6.45) is -37.3. The van der Waals surface area contributed by atoms with E-state index in [9.17, 15) is 95.8 Å². The molecule has 4 amide bonds. The summed E-state index contributed by atoms with van der Waals surface area (Å²) in [5.74, 6) is -1.59. The number of aliphatic hydroxyl groups excluding tert-OH is 15. The van der Waals surface area contributed by atoms with E-state index in [0.29, 0.717) is 58.0 Å². The number of amides is 4. The van der Waals surface area contributed by atoms with Gasteiger partial charge in [0.15, 0.2) is 31.5 Å². The molecule has 32 nitrogen and oxygen atoms in total. The van der Waals surface area contributed by atoms with E-state index in [0.717, 1.165) is 6.92 Å². The molecule has 32 heteroatoms. The molecule has 6 fully saturated rings. The van der Waals surface area contributed by atoms with Crippen LogP contribution in [0.2, 0.25) is 0 Å². The first-order valence-corrected chi connectivity index (χ1v) is 27.1. The Morgan fingerprint density at radius 2 is 0.951 bits per heavy atom. The number of imide groups is 1. The Balaban J connectivity index is 0.903. The van der Waals surface area contributed by atoms with E-state index in [-0.39, 0.29) is 36.2 Å². The maximum Gasteiger partial charge on any atom is 0.253 e. The molecule has 1 aliphatic carbocycles. The highest BCUT2D eigenvalue weighted by Gasteiger charge is 2.57. The van der Waals surface area contributed by atoms with Crippen LogP contribution >= 0.6 is 0 Å². The topological polar surface area (TPSA) is 491 Å². The molecule has 0 aromatic heterocycles. The number of nitrogens with one attached hydrogen (secondary N) is 2. The lowest BCUT2D eigenvalue weighted by atomic mass is 9.81. The molecular weight excluding hydrogens is 1090 g/mol. The highest BCUT2D eigenvalue weighted by atomic mass is 16.8. The van der Waals surface area contributed by atoms with Gasteiger partial charge in [-0.25, -0.2) is 0 Å². The summed E-state index contributed by atoms with van der Waals surface area (Å²) >= 11 is 0. The zero-order valence-corrected chi connectivity index (χ0v) is 44.2. The fourth-order valence-corrected chi connectivity index (χ4v) is 11.0. The van der Waals surface area contributed by atoms with Gasteiger partial charge in [-0.15, -0.1) is 0 Å². The van der Waals surface area contributed by atoms with Crippen LogP contribution in [0.3, 0.4) is 0 Å². The lowest BCUT2D eigenvalue weighted by Gasteiger charge is -2.50. The van der Waals surface area contributed by atoms with Gasteiger partial charge >= 0.3 is 0 Å². The van der Waals surface area contributed by atoms with Crippen LogP contribution in [0.4, 0.5) is 0 Å². The number of ether oxygens (including phenoxy) is 10. The molecule has 6 heterocycles. The van der Waals surface area contributed by atoms with Crippen LogP contribution in [0.25, 0.3) is 0 Å². The number of hydrogen-bond donors (Lipinski definition) is 17. The number of unbranched alkanes of at least 4 members (excludes halogenated alkanes) is 2. The lowest BCUT2D eigenvalue weighted by molar-refractivity contribution is -0.389. The molecule has 5 saturated heterocycles. The maximum atomic E-state index is 12.8. The predicted octanol–water partition coefficient (Wildman–Crippen LogP) is -9.74. The van der Waals surface area contributed by atoms with E-state index in [1.54, 1.807) is 0 Å². The van der Waals surface area contributed by atoms with Crippen molar-refractivity contribution in [1.82, 2.24) is 15.5 Å². The smallest absolute Gasteiger partial charge is 0.253 e. The molecule has 1 saturated carbocycles. The van der Waals surface area contributed by atoms with Crippen LogP contribution < -0.4 is 10.6 Å². The third kappa shape index (κ3) is 15.3. The summed E-state index contributed by atoms with van der Waals surface area (Å²) in [6, 6.07) is -1.69. The molecule has 25 atom stereocenters. The van der Waals surface area contributed by atoms with E-state index in [2.05, 4.69) is 10.6 Å². The fraction of sp³-hybridized carbons (Fsp3) is 0.878. The fourth-order valence-electron chi connectivity index (χ4n) is 11.0. The molecule has 7 rings (SSSR count). The molecule has 6 aliphatic heterocycles. The summed E-state index contributed by atoms with van der Waals surface area (Å²) in [6.45, 7) is -2.85. The van der Waals surface area contributed by atoms with Gasteiger partial charge in [-0.1, -0.05) is 0 Å². The third-order valence-corrected chi connectivity index (χ3v) is 15.7. The zero-order chi connectivity index (χ0) is 59.0. The van der Waals surface area contributed by atoms with Crippen LogP contribution in [-0.4, -0.2) is 311 Å². The Hall–Kier alpha value is -3.18. The van der Waals surface area contributed by atoms with E-state index < -0.39 is 192 Å². The number of nitrogens with zero attached hydrogens (tertiary/aromatic N) is 1. The van der Waals surface area contributed by atoms with Crippen molar-refractivity contribution in [1.29, 1.82) is 0 Å². The zero-order valence-electron chi connectivity index (χ0n) is 44.2. The van der Waals surface area contributed by atoms with Crippen molar-refractivity contribution in [2.45, 2.75) is 205 Å². The second-order valence-corrected chi connectivity index (χ2v) is 21.2. The highest BCUT2D eigenvalue weighted by Crippen LogP contribution is 2.37. The summed E-state index contributed by atoms with van der Waals surface area (Å²) in [5.41, 5.74) is 0.